The lowest BCUT2D eigenvalue weighted by molar-refractivity contribution is 0.170. The van der Waals surface area contributed by atoms with E-state index in [-0.39, 0.29) is 0 Å². The minimum Gasteiger partial charge on any atom is -0.379 e. The van der Waals surface area contributed by atoms with Crippen molar-refractivity contribution in [1.29, 1.82) is 0 Å². The van der Waals surface area contributed by atoms with Crippen LogP contribution in [0.4, 0.5) is 0 Å². The van der Waals surface area contributed by atoms with Crippen molar-refractivity contribution in [1.82, 2.24) is 20.1 Å². The molecule has 2 aliphatic heterocycles. The average molecular weight is 296 g/mol. The number of hydrogen-bond acceptors (Lipinski definition) is 6. The van der Waals surface area contributed by atoms with Crippen LogP contribution in [0.15, 0.2) is 6.20 Å². The first kappa shape index (κ1) is 14.4. The molecule has 0 bridgehead atoms. The molecule has 0 aliphatic carbocycles. The molecule has 112 valence electrons. The topological polar surface area (TPSA) is 40.6 Å². The van der Waals surface area contributed by atoms with E-state index in [0.29, 0.717) is 6.61 Å². The molecule has 1 unspecified atom stereocenters. The molecule has 3 rings (SSSR count). The van der Waals surface area contributed by atoms with Gasteiger partial charge in [0.1, 0.15) is 5.01 Å². The van der Waals surface area contributed by atoms with Gasteiger partial charge >= 0.3 is 0 Å². The van der Waals surface area contributed by atoms with Crippen LogP contribution in [0.1, 0.15) is 16.3 Å². The maximum absolute atomic E-state index is 5.15. The third kappa shape index (κ3) is 3.56. The molecule has 6 heteroatoms. The maximum Gasteiger partial charge on any atom is 0.107 e. The van der Waals surface area contributed by atoms with Gasteiger partial charge in [-0.1, -0.05) is 0 Å². The molecule has 2 fully saturated rings. The Morgan fingerprint density at radius 2 is 2.25 bits per heavy atom. The van der Waals surface area contributed by atoms with Crippen molar-refractivity contribution in [3.63, 3.8) is 0 Å². The van der Waals surface area contributed by atoms with Gasteiger partial charge in [0.2, 0.25) is 0 Å². The summed E-state index contributed by atoms with van der Waals surface area (Å²) in [5, 5.41) is 4.65. The Morgan fingerprint density at radius 1 is 1.40 bits per heavy atom. The van der Waals surface area contributed by atoms with Crippen molar-refractivity contribution >= 4 is 11.3 Å². The first-order chi connectivity index (χ1) is 9.85. The van der Waals surface area contributed by atoms with Crippen LogP contribution in [0, 0.1) is 0 Å². The molecule has 0 spiro atoms. The smallest absolute Gasteiger partial charge is 0.107 e. The highest BCUT2D eigenvalue weighted by Gasteiger charge is 2.28. The number of nitrogens with one attached hydrogen (secondary N) is 1. The molecule has 1 aromatic heterocycles. The number of piperazine rings is 1. The molecule has 0 radical (unpaired) electrons. The van der Waals surface area contributed by atoms with E-state index in [1.165, 1.54) is 42.5 Å². The third-order valence-electron chi connectivity index (χ3n) is 4.16. The van der Waals surface area contributed by atoms with Crippen molar-refractivity contribution in [2.24, 2.45) is 0 Å². The second-order valence-electron chi connectivity index (χ2n) is 5.62. The normalized spacial score (nSPS) is 25.4. The summed E-state index contributed by atoms with van der Waals surface area (Å²) >= 11 is 1.78. The molecule has 3 heterocycles. The number of aromatic nitrogens is 1. The van der Waals surface area contributed by atoms with Crippen LogP contribution in [0.3, 0.4) is 0 Å². The second-order valence-corrected chi connectivity index (χ2v) is 6.82. The van der Waals surface area contributed by atoms with E-state index < -0.39 is 0 Å². The van der Waals surface area contributed by atoms with Crippen molar-refractivity contribution in [2.45, 2.75) is 25.6 Å². The van der Waals surface area contributed by atoms with Gasteiger partial charge in [-0.3, -0.25) is 9.80 Å². The molecule has 0 aromatic carbocycles. The van der Waals surface area contributed by atoms with E-state index in [2.05, 4.69) is 20.1 Å². The fourth-order valence-corrected chi connectivity index (χ4v) is 4.06. The van der Waals surface area contributed by atoms with Crippen LogP contribution in [0.5, 0.6) is 0 Å². The Morgan fingerprint density at radius 3 is 3.05 bits per heavy atom. The Balaban J connectivity index is 1.49. The number of hydrogen-bond donors (Lipinski definition) is 1. The predicted octanol–water partition coefficient (Wildman–Crippen LogP) is 0.769. The van der Waals surface area contributed by atoms with Crippen molar-refractivity contribution in [3.05, 3.63) is 16.1 Å². The van der Waals surface area contributed by atoms with Gasteiger partial charge in [0.15, 0.2) is 0 Å². The first-order valence-electron chi connectivity index (χ1n) is 7.45. The van der Waals surface area contributed by atoms with Crippen LogP contribution < -0.4 is 5.32 Å². The van der Waals surface area contributed by atoms with Gasteiger partial charge in [0.25, 0.3) is 0 Å². The fraction of sp³-hybridized carbons (Fsp3) is 0.786. The van der Waals surface area contributed by atoms with Gasteiger partial charge in [0, 0.05) is 58.6 Å². The molecular weight excluding hydrogens is 272 g/mol. The highest BCUT2D eigenvalue weighted by atomic mass is 32.1. The van der Waals surface area contributed by atoms with Gasteiger partial charge < -0.3 is 10.1 Å². The number of methoxy groups -OCH3 is 1. The maximum atomic E-state index is 5.15. The monoisotopic (exact) mass is 296 g/mol. The zero-order chi connectivity index (χ0) is 13.8. The van der Waals surface area contributed by atoms with Crippen molar-refractivity contribution < 1.29 is 4.74 Å². The molecular formula is C14H24N4OS. The molecule has 0 amide bonds. The summed E-state index contributed by atoms with van der Waals surface area (Å²) in [7, 11) is 1.73. The van der Waals surface area contributed by atoms with Crippen molar-refractivity contribution in [3.8, 4) is 0 Å². The number of thiazole rings is 1. The zero-order valence-corrected chi connectivity index (χ0v) is 13.0. The van der Waals surface area contributed by atoms with Crippen LogP contribution in [-0.4, -0.2) is 67.2 Å². The number of ether oxygens (including phenoxy) is 1. The predicted molar refractivity (Wildman–Crippen MR) is 81.0 cm³/mol. The van der Waals surface area contributed by atoms with Gasteiger partial charge in [-0.15, -0.1) is 11.3 Å². The average Bonchev–Trinajstić information content (AvgIpc) is 3.11. The van der Waals surface area contributed by atoms with Gasteiger partial charge in [-0.2, -0.15) is 0 Å². The summed E-state index contributed by atoms with van der Waals surface area (Å²) in [6, 6.07) is 0.746. The SMILES string of the molecule is COCc1cnc(CN2CCC(N3CCNCC3)C2)s1. The van der Waals surface area contributed by atoms with E-state index in [0.717, 1.165) is 25.7 Å². The summed E-state index contributed by atoms with van der Waals surface area (Å²) in [5.74, 6) is 0. The van der Waals surface area contributed by atoms with Crippen LogP contribution in [0.25, 0.3) is 0 Å². The summed E-state index contributed by atoms with van der Waals surface area (Å²) in [5.41, 5.74) is 0. The third-order valence-corrected chi connectivity index (χ3v) is 5.12. The Hall–Kier alpha value is -0.530. The van der Waals surface area contributed by atoms with Crippen LogP contribution in [-0.2, 0) is 17.9 Å². The first-order valence-corrected chi connectivity index (χ1v) is 8.26. The number of rotatable bonds is 5. The standard InChI is InChI=1S/C14H24N4OS/c1-19-11-13-8-16-14(20-13)10-17-5-2-12(9-17)18-6-3-15-4-7-18/h8,12,15H,2-7,9-11H2,1H3. The molecule has 2 aliphatic rings. The largest absolute Gasteiger partial charge is 0.379 e. The van der Waals surface area contributed by atoms with E-state index >= 15 is 0 Å². The van der Waals surface area contributed by atoms with Crippen LogP contribution in [0.2, 0.25) is 0 Å². The summed E-state index contributed by atoms with van der Waals surface area (Å²) in [6.45, 7) is 8.76. The molecule has 0 saturated carbocycles. The summed E-state index contributed by atoms with van der Waals surface area (Å²) in [6.07, 6.45) is 3.25. The Labute approximate surface area is 124 Å². The van der Waals surface area contributed by atoms with Gasteiger partial charge in [-0.25, -0.2) is 4.98 Å². The number of nitrogens with zero attached hydrogens (tertiary/aromatic N) is 3. The van der Waals surface area contributed by atoms with Gasteiger partial charge in [0.05, 0.1) is 18.0 Å². The minimum atomic E-state index is 0.682. The second kappa shape index (κ2) is 6.95. The Kier molecular flexibility index (Phi) is 5.01. The minimum absolute atomic E-state index is 0.682. The molecule has 1 N–H and O–H groups in total. The molecule has 1 atom stereocenters. The van der Waals surface area contributed by atoms with E-state index in [4.69, 9.17) is 4.74 Å². The highest BCUT2D eigenvalue weighted by molar-refractivity contribution is 7.11. The zero-order valence-electron chi connectivity index (χ0n) is 12.2. The van der Waals surface area contributed by atoms with Gasteiger partial charge in [-0.05, 0) is 6.42 Å². The molecule has 20 heavy (non-hydrogen) atoms. The summed E-state index contributed by atoms with van der Waals surface area (Å²) in [4.78, 5) is 10.9. The number of likely N-dealkylation sites (tertiary alicyclic amines) is 1. The van der Waals surface area contributed by atoms with E-state index in [9.17, 15) is 0 Å². The quantitative estimate of drug-likeness (QED) is 0.869. The van der Waals surface area contributed by atoms with E-state index in [1.807, 2.05) is 6.20 Å². The fourth-order valence-electron chi connectivity index (χ4n) is 3.12. The lowest BCUT2D eigenvalue weighted by Gasteiger charge is -2.32. The molecule has 2 saturated heterocycles. The lowest BCUT2D eigenvalue weighted by Crippen LogP contribution is -2.49. The van der Waals surface area contributed by atoms with E-state index in [1.54, 1.807) is 18.4 Å². The molecule has 1 aromatic rings. The highest BCUT2D eigenvalue weighted by Crippen LogP contribution is 2.21. The Bertz CT molecular complexity index is 419. The van der Waals surface area contributed by atoms with Crippen LogP contribution >= 0.6 is 11.3 Å². The lowest BCUT2D eigenvalue weighted by atomic mass is 10.2. The molecule has 5 nitrogen and oxygen atoms in total. The van der Waals surface area contributed by atoms with Crippen molar-refractivity contribution in [2.75, 3.05) is 46.4 Å². The summed E-state index contributed by atoms with van der Waals surface area (Å²) < 4.78 is 5.15.